The summed E-state index contributed by atoms with van der Waals surface area (Å²) >= 11 is 0. The van der Waals surface area contributed by atoms with E-state index in [1.807, 2.05) is 24.3 Å². The number of anilines is 2. The van der Waals surface area contributed by atoms with E-state index >= 15 is 0 Å². The minimum absolute atomic E-state index is 0.153. The number of nitrogens with one attached hydrogen (secondary N) is 3. The molecule has 0 radical (unpaired) electrons. The lowest BCUT2D eigenvalue weighted by molar-refractivity contribution is -0.119. The van der Waals surface area contributed by atoms with Crippen LogP contribution in [0, 0.1) is 0 Å². The number of aryl methyl sites for hydroxylation is 1. The van der Waals surface area contributed by atoms with Crippen LogP contribution in [0.4, 0.5) is 11.4 Å². The summed E-state index contributed by atoms with van der Waals surface area (Å²) in [6, 6.07) is 13.9. The van der Waals surface area contributed by atoms with Gasteiger partial charge in [0.25, 0.3) is 0 Å². The maximum atomic E-state index is 13.4. The predicted octanol–water partition coefficient (Wildman–Crippen LogP) is 4.70. The molecular weight excluding hydrogens is 538 g/mol. The van der Waals surface area contributed by atoms with Gasteiger partial charge in [0.05, 0.1) is 45.9 Å². The summed E-state index contributed by atoms with van der Waals surface area (Å²) in [5, 5.41) is 9.05. The van der Waals surface area contributed by atoms with Crippen LogP contribution in [0.15, 0.2) is 53.3 Å². The Bertz CT molecular complexity index is 1520. The van der Waals surface area contributed by atoms with E-state index in [4.69, 9.17) is 18.9 Å². The van der Waals surface area contributed by atoms with Crippen molar-refractivity contribution in [1.82, 2.24) is 5.32 Å². The zero-order chi connectivity index (χ0) is 30.2. The second kappa shape index (κ2) is 13.8. The van der Waals surface area contributed by atoms with Gasteiger partial charge in [0, 0.05) is 25.5 Å². The van der Waals surface area contributed by atoms with Crippen LogP contribution >= 0.6 is 0 Å². The van der Waals surface area contributed by atoms with Crippen LogP contribution in [0.3, 0.4) is 0 Å². The molecule has 2 amide bonds. The van der Waals surface area contributed by atoms with Gasteiger partial charge in [-0.25, -0.2) is 0 Å². The smallest absolute Gasteiger partial charge is 0.224 e. The van der Waals surface area contributed by atoms with E-state index in [-0.39, 0.29) is 23.7 Å². The van der Waals surface area contributed by atoms with Crippen molar-refractivity contribution in [3.8, 4) is 34.1 Å². The van der Waals surface area contributed by atoms with Gasteiger partial charge in [-0.3, -0.25) is 14.4 Å². The summed E-state index contributed by atoms with van der Waals surface area (Å²) in [5.74, 6) is 1.72. The third-order valence-corrected chi connectivity index (χ3v) is 7.19. The summed E-state index contributed by atoms with van der Waals surface area (Å²) in [4.78, 5) is 38.0. The SMILES string of the molecule is COc1ccccc1NC(=O)CCCNc1ccc2c(cc1=O)[C@H](NC(C)=O)CCc1cc(OC)c(OC)c(OC)c1-2. The van der Waals surface area contributed by atoms with Gasteiger partial charge < -0.3 is 34.9 Å². The molecular formula is C32H37N3O7. The van der Waals surface area contributed by atoms with Gasteiger partial charge >= 0.3 is 0 Å². The molecule has 3 N–H and O–H groups in total. The van der Waals surface area contributed by atoms with Gasteiger partial charge in [0.1, 0.15) is 5.75 Å². The molecule has 10 nitrogen and oxygen atoms in total. The van der Waals surface area contributed by atoms with E-state index in [1.54, 1.807) is 52.7 Å². The molecule has 0 aliphatic heterocycles. The van der Waals surface area contributed by atoms with E-state index in [0.29, 0.717) is 65.7 Å². The standard InChI is InChI=1S/C32H37N3O7/c1-19(36)34-23-14-12-20-17-28(40-3)31(41-4)32(42-5)30(20)21-13-15-24(26(37)18-22(21)23)33-16-8-11-29(38)35-25-9-6-7-10-27(25)39-2/h6-7,9-10,13,15,17-18,23H,8,11-12,14,16H2,1-5H3,(H,33,37)(H,34,36)(H,35,38)/t23-/m1/s1. The molecule has 1 aliphatic carbocycles. The number of carbonyl (C=O) groups is 2. The fourth-order valence-corrected chi connectivity index (χ4v) is 5.29. The van der Waals surface area contributed by atoms with Crippen molar-refractivity contribution in [2.24, 2.45) is 0 Å². The second-order valence-electron chi connectivity index (χ2n) is 9.87. The maximum Gasteiger partial charge on any atom is 0.224 e. The first-order chi connectivity index (χ1) is 20.3. The van der Waals surface area contributed by atoms with Gasteiger partial charge in [0.15, 0.2) is 11.5 Å². The largest absolute Gasteiger partial charge is 0.495 e. The fraction of sp³-hybridized carbons (Fsp3) is 0.344. The molecule has 0 unspecified atom stereocenters. The minimum atomic E-state index is -0.391. The Balaban J connectivity index is 1.62. The number of methoxy groups -OCH3 is 4. The Morgan fingerprint density at radius 3 is 2.31 bits per heavy atom. The average Bonchev–Trinajstić information content (AvgIpc) is 3.22. The van der Waals surface area contributed by atoms with Crippen molar-refractivity contribution >= 4 is 23.2 Å². The second-order valence-corrected chi connectivity index (χ2v) is 9.87. The Morgan fingerprint density at radius 1 is 0.881 bits per heavy atom. The Hall–Kier alpha value is -4.73. The fourth-order valence-electron chi connectivity index (χ4n) is 5.29. The Labute approximate surface area is 245 Å². The lowest BCUT2D eigenvalue weighted by Gasteiger charge is -2.19. The first-order valence-electron chi connectivity index (χ1n) is 13.8. The molecule has 1 atom stereocenters. The molecule has 0 heterocycles. The van der Waals surface area contributed by atoms with Crippen molar-refractivity contribution in [3.63, 3.8) is 0 Å². The molecule has 222 valence electrons. The maximum absolute atomic E-state index is 13.4. The van der Waals surface area contributed by atoms with E-state index in [1.165, 1.54) is 6.92 Å². The van der Waals surface area contributed by atoms with Crippen molar-refractivity contribution in [2.45, 2.75) is 38.6 Å². The van der Waals surface area contributed by atoms with Crippen molar-refractivity contribution in [2.75, 3.05) is 45.6 Å². The zero-order valence-corrected chi connectivity index (χ0v) is 24.6. The molecule has 0 spiro atoms. The minimum Gasteiger partial charge on any atom is -0.495 e. The molecule has 10 heteroatoms. The zero-order valence-electron chi connectivity index (χ0n) is 24.6. The number of benzene rings is 2. The summed E-state index contributed by atoms with van der Waals surface area (Å²) in [6.45, 7) is 1.87. The quantitative estimate of drug-likeness (QED) is 0.281. The van der Waals surface area contributed by atoms with Crippen LogP contribution in [-0.4, -0.2) is 46.8 Å². The highest BCUT2D eigenvalue weighted by Gasteiger charge is 2.29. The number of rotatable bonds is 11. The number of ether oxygens (including phenoxy) is 4. The van der Waals surface area contributed by atoms with E-state index in [0.717, 1.165) is 16.7 Å². The molecule has 1 aliphatic rings. The van der Waals surface area contributed by atoms with Crippen LogP contribution in [-0.2, 0) is 16.0 Å². The summed E-state index contributed by atoms with van der Waals surface area (Å²) in [6.07, 6.45) is 1.95. The van der Waals surface area contributed by atoms with Crippen LogP contribution in [0.2, 0.25) is 0 Å². The molecule has 3 aromatic carbocycles. The molecule has 0 saturated heterocycles. The third kappa shape index (κ3) is 6.59. The van der Waals surface area contributed by atoms with Gasteiger partial charge in [0.2, 0.25) is 23.0 Å². The lowest BCUT2D eigenvalue weighted by atomic mass is 9.95. The van der Waals surface area contributed by atoms with Crippen LogP contribution in [0.25, 0.3) is 11.1 Å². The van der Waals surface area contributed by atoms with Crippen molar-refractivity contribution in [1.29, 1.82) is 0 Å². The van der Waals surface area contributed by atoms with Gasteiger partial charge in [-0.05, 0) is 66.3 Å². The number of para-hydroxylation sites is 2. The lowest BCUT2D eigenvalue weighted by Crippen LogP contribution is -2.26. The Morgan fingerprint density at radius 2 is 1.62 bits per heavy atom. The predicted molar refractivity (Wildman–Crippen MR) is 162 cm³/mol. The number of amides is 2. The number of hydrogen-bond donors (Lipinski definition) is 3. The first-order valence-corrected chi connectivity index (χ1v) is 13.8. The highest BCUT2D eigenvalue weighted by molar-refractivity contribution is 5.92. The van der Waals surface area contributed by atoms with Crippen molar-refractivity contribution in [3.05, 3.63) is 69.9 Å². The van der Waals surface area contributed by atoms with E-state index < -0.39 is 6.04 Å². The third-order valence-electron chi connectivity index (χ3n) is 7.19. The van der Waals surface area contributed by atoms with Gasteiger partial charge in [-0.15, -0.1) is 0 Å². The highest BCUT2D eigenvalue weighted by atomic mass is 16.5. The van der Waals surface area contributed by atoms with Crippen molar-refractivity contribution < 1.29 is 28.5 Å². The first kappa shape index (κ1) is 30.2. The Kier molecular flexibility index (Phi) is 9.90. The molecule has 0 bridgehead atoms. The number of hydrogen-bond acceptors (Lipinski definition) is 8. The van der Waals surface area contributed by atoms with Crippen LogP contribution in [0.5, 0.6) is 23.0 Å². The number of carbonyl (C=O) groups excluding carboxylic acids is 2. The number of fused-ring (bicyclic) bond motifs is 3. The summed E-state index contributed by atoms with van der Waals surface area (Å²) in [7, 11) is 6.23. The normalized spacial score (nSPS) is 13.5. The average molecular weight is 576 g/mol. The molecule has 42 heavy (non-hydrogen) atoms. The van der Waals surface area contributed by atoms with Gasteiger partial charge in [-0.1, -0.05) is 18.2 Å². The molecule has 4 rings (SSSR count). The molecule has 0 saturated carbocycles. The molecule has 3 aromatic rings. The molecule has 0 aromatic heterocycles. The molecule has 0 fully saturated rings. The topological polar surface area (TPSA) is 124 Å². The van der Waals surface area contributed by atoms with E-state index in [2.05, 4.69) is 16.0 Å². The van der Waals surface area contributed by atoms with Crippen LogP contribution in [0.1, 0.15) is 43.4 Å². The van der Waals surface area contributed by atoms with E-state index in [9.17, 15) is 14.4 Å². The summed E-state index contributed by atoms with van der Waals surface area (Å²) in [5.41, 5.74) is 3.93. The monoisotopic (exact) mass is 575 g/mol. The van der Waals surface area contributed by atoms with Crippen LogP contribution < -0.4 is 40.3 Å². The summed E-state index contributed by atoms with van der Waals surface area (Å²) < 4.78 is 22.3. The highest BCUT2D eigenvalue weighted by Crippen LogP contribution is 2.50. The van der Waals surface area contributed by atoms with Gasteiger partial charge in [-0.2, -0.15) is 0 Å².